The van der Waals surface area contributed by atoms with Crippen LogP contribution in [0.5, 0.6) is 5.75 Å². The van der Waals surface area contributed by atoms with Gasteiger partial charge in [-0.3, -0.25) is 9.59 Å². The first-order chi connectivity index (χ1) is 14.2. The van der Waals surface area contributed by atoms with Crippen molar-refractivity contribution in [2.45, 2.75) is 12.5 Å². The van der Waals surface area contributed by atoms with Crippen LogP contribution in [0.15, 0.2) is 53.3 Å². The molecule has 0 aliphatic heterocycles. The molecule has 0 spiro atoms. The number of carbonyl (C=O) groups is 1. The van der Waals surface area contributed by atoms with Crippen molar-refractivity contribution in [2.75, 3.05) is 18.4 Å². The number of nitrogens with one attached hydrogen (secondary N) is 3. The summed E-state index contributed by atoms with van der Waals surface area (Å²) in [5.41, 5.74) is -0.397. The number of amides is 1. The highest BCUT2D eigenvalue weighted by Crippen LogP contribution is 2.23. The molecule has 0 fully saturated rings. The van der Waals surface area contributed by atoms with Crippen molar-refractivity contribution in [1.29, 1.82) is 0 Å². The number of ether oxygens (including phenoxy) is 1. The average Bonchev–Trinajstić information content (AvgIpc) is 2.70. The van der Waals surface area contributed by atoms with Crippen LogP contribution in [-0.2, 0) is 0 Å². The van der Waals surface area contributed by atoms with Gasteiger partial charge in [-0.1, -0.05) is 24.3 Å². The number of aromatic nitrogens is 2. The molecule has 0 saturated carbocycles. The maximum absolute atomic E-state index is 12.3. The molecule has 4 N–H and O–H groups in total. The van der Waals surface area contributed by atoms with Gasteiger partial charge in [-0.15, -0.1) is 13.2 Å². The van der Waals surface area contributed by atoms with Crippen molar-refractivity contribution in [1.82, 2.24) is 15.5 Å². The third kappa shape index (κ3) is 5.47. The Balaban J connectivity index is 1.56. The first kappa shape index (κ1) is 21.1. The second-order valence-electron chi connectivity index (χ2n) is 6.27. The number of hydrogen-bond acceptors (Lipinski definition) is 6. The number of rotatable bonds is 7. The number of H-pyrrole nitrogens is 1. The minimum absolute atomic E-state index is 0.000538. The van der Waals surface area contributed by atoms with E-state index in [4.69, 9.17) is 0 Å². The number of alkyl halides is 3. The average molecular weight is 422 g/mol. The fourth-order valence-corrected chi connectivity index (χ4v) is 2.68. The third-order valence-corrected chi connectivity index (χ3v) is 4.03. The van der Waals surface area contributed by atoms with Gasteiger partial charge in [0.2, 0.25) is 0 Å². The lowest BCUT2D eigenvalue weighted by atomic mass is 10.2. The van der Waals surface area contributed by atoms with Crippen molar-refractivity contribution in [3.8, 4) is 5.75 Å². The number of fused-ring (bicyclic) bond motifs is 1. The number of nitrogens with zero attached hydrogens (tertiary/aromatic N) is 1. The lowest BCUT2D eigenvalue weighted by Gasteiger charge is -2.14. The lowest BCUT2D eigenvalue weighted by molar-refractivity contribution is -0.274. The number of benzene rings is 2. The Labute approximate surface area is 167 Å². The van der Waals surface area contributed by atoms with Gasteiger partial charge in [0, 0.05) is 24.0 Å². The zero-order valence-corrected chi connectivity index (χ0v) is 15.4. The van der Waals surface area contributed by atoms with Crippen LogP contribution in [0.1, 0.15) is 10.4 Å². The quantitative estimate of drug-likeness (QED) is 0.463. The van der Waals surface area contributed by atoms with Gasteiger partial charge in [-0.05, 0) is 24.3 Å². The van der Waals surface area contributed by atoms with Gasteiger partial charge in [-0.25, -0.2) is 5.10 Å². The van der Waals surface area contributed by atoms with Crippen LogP contribution in [0.25, 0.3) is 10.8 Å². The number of anilines is 1. The van der Waals surface area contributed by atoms with E-state index in [2.05, 4.69) is 25.6 Å². The molecule has 30 heavy (non-hydrogen) atoms. The molecule has 0 saturated heterocycles. The highest BCUT2D eigenvalue weighted by molar-refractivity contribution is 5.94. The summed E-state index contributed by atoms with van der Waals surface area (Å²) in [5.74, 6) is -0.838. The maximum Gasteiger partial charge on any atom is 0.573 e. The molecule has 1 unspecified atom stereocenters. The molecule has 11 heteroatoms. The Hall–Kier alpha value is -3.60. The largest absolute Gasteiger partial charge is 0.573 e. The molecule has 1 atom stereocenters. The normalized spacial score (nSPS) is 12.4. The van der Waals surface area contributed by atoms with Gasteiger partial charge in [-0.2, -0.15) is 5.10 Å². The summed E-state index contributed by atoms with van der Waals surface area (Å²) in [6, 6.07) is 11.4. The number of hydrogen-bond donors (Lipinski definition) is 4. The van der Waals surface area contributed by atoms with Crippen LogP contribution >= 0.6 is 0 Å². The smallest absolute Gasteiger partial charge is 0.406 e. The zero-order valence-electron chi connectivity index (χ0n) is 15.4. The highest BCUT2D eigenvalue weighted by Gasteiger charge is 2.31. The minimum Gasteiger partial charge on any atom is -0.406 e. The molecular weight excluding hydrogens is 405 g/mol. The fourth-order valence-electron chi connectivity index (χ4n) is 2.68. The molecule has 3 rings (SSSR count). The van der Waals surface area contributed by atoms with E-state index in [9.17, 15) is 27.9 Å². The summed E-state index contributed by atoms with van der Waals surface area (Å²) < 4.78 is 40.6. The molecule has 158 valence electrons. The predicted molar refractivity (Wildman–Crippen MR) is 102 cm³/mol. The summed E-state index contributed by atoms with van der Waals surface area (Å²) in [5, 5.41) is 22.7. The number of carbonyl (C=O) groups excluding carboxylic acids is 1. The van der Waals surface area contributed by atoms with E-state index in [1.807, 2.05) is 0 Å². The number of aliphatic hydroxyl groups is 1. The molecule has 1 heterocycles. The van der Waals surface area contributed by atoms with Crippen LogP contribution in [0.3, 0.4) is 0 Å². The molecular formula is C19H17F3N4O4. The van der Waals surface area contributed by atoms with Gasteiger partial charge in [0.15, 0.2) is 5.82 Å². The Bertz CT molecular complexity index is 1100. The highest BCUT2D eigenvalue weighted by atomic mass is 19.4. The maximum atomic E-state index is 12.3. The van der Waals surface area contributed by atoms with Crippen molar-refractivity contribution >= 4 is 22.5 Å². The van der Waals surface area contributed by atoms with E-state index in [-0.39, 0.29) is 24.2 Å². The van der Waals surface area contributed by atoms with E-state index < -0.39 is 24.1 Å². The molecule has 2 aromatic carbocycles. The van der Waals surface area contributed by atoms with E-state index in [1.165, 1.54) is 12.1 Å². The van der Waals surface area contributed by atoms with Crippen LogP contribution in [0, 0.1) is 0 Å². The van der Waals surface area contributed by atoms with E-state index in [0.717, 1.165) is 12.1 Å². The zero-order chi connectivity index (χ0) is 21.7. The molecule has 1 amide bonds. The minimum atomic E-state index is -4.86. The first-order valence-corrected chi connectivity index (χ1v) is 8.76. The van der Waals surface area contributed by atoms with Gasteiger partial charge in [0.25, 0.3) is 11.5 Å². The summed E-state index contributed by atoms with van der Waals surface area (Å²) in [7, 11) is 0. The summed E-state index contributed by atoms with van der Waals surface area (Å²) in [6.45, 7) is -0.169. The third-order valence-electron chi connectivity index (χ3n) is 4.03. The fraction of sp³-hybridized carbons (Fsp3) is 0.211. The molecule has 1 aromatic heterocycles. The number of aliphatic hydroxyl groups excluding tert-OH is 1. The second-order valence-corrected chi connectivity index (χ2v) is 6.27. The molecule has 0 aliphatic carbocycles. The Morgan fingerprint density at radius 2 is 1.87 bits per heavy atom. The van der Waals surface area contributed by atoms with Crippen LogP contribution < -0.4 is 20.9 Å². The van der Waals surface area contributed by atoms with Crippen LogP contribution in [0.2, 0.25) is 0 Å². The molecule has 8 nitrogen and oxygen atoms in total. The van der Waals surface area contributed by atoms with Gasteiger partial charge >= 0.3 is 6.36 Å². The molecule has 0 radical (unpaired) electrons. The predicted octanol–water partition coefficient (Wildman–Crippen LogP) is 2.02. The first-order valence-electron chi connectivity index (χ1n) is 8.76. The van der Waals surface area contributed by atoms with Crippen LogP contribution in [-0.4, -0.2) is 46.8 Å². The van der Waals surface area contributed by atoms with Crippen LogP contribution in [0.4, 0.5) is 19.0 Å². The SMILES string of the molecule is O=C(NCC(O)CNc1n[nH]c(=O)c2ccccc12)c1cccc(OC(F)(F)F)c1. The van der Waals surface area contributed by atoms with E-state index in [1.54, 1.807) is 24.3 Å². The monoisotopic (exact) mass is 422 g/mol. The molecule has 3 aromatic rings. The standard InChI is InChI=1S/C19H17F3N4O4/c20-19(21,22)30-13-5-3-4-11(8-13)17(28)24-10-12(27)9-23-16-14-6-1-2-7-15(14)18(29)26-25-16/h1-8,12,27H,9-10H2,(H,23,25)(H,24,28)(H,26,29). The van der Waals surface area contributed by atoms with Crippen molar-refractivity contribution in [3.63, 3.8) is 0 Å². The van der Waals surface area contributed by atoms with Gasteiger partial charge in [0.1, 0.15) is 5.75 Å². The topological polar surface area (TPSA) is 116 Å². The number of aromatic amines is 1. The van der Waals surface area contributed by atoms with Gasteiger partial charge < -0.3 is 20.5 Å². The Morgan fingerprint density at radius 3 is 2.60 bits per heavy atom. The summed E-state index contributed by atoms with van der Waals surface area (Å²) in [6.07, 6.45) is -5.90. The van der Waals surface area contributed by atoms with Crippen molar-refractivity contribution in [3.05, 3.63) is 64.4 Å². The summed E-state index contributed by atoms with van der Waals surface area (Å²) >= 11 is 0. The Morgan fingerprint density at radius 1 is 1.13 bits per heavy atom. The van der Waals surface area contributed by atoms with E-state index >= 15 is 0 Å². The molecule has 0 aliphatic rings. The summed E-state index contributed by atoms with van der Waals surface area (Å²) in [4.78, 5) is 23.9. The Kier molecular flexibility index (Phi) is 6.21. The van der Waals surface area contributed by atoms with Crippen molar-refractivity contribution in [2.24, 2.45) is 0 Å². The van der Waals surface area contributed by atoms with Crippen molar-refractivity contribution < 1.29 is 27.8 Å². The number of halogens is 3. The molecule has 0 bridgehead atoms. The van der Waals surface area contributed by atoms with E-state index in [0.29, 0.717) is 16.6 Å². The van der Waals surface area contributed by atoms with Gasteiger partial charge in [0.05, 0.1) is 11.5 Å². The second kappa shape index (κ2) is 8.82. The lowest BCUT2D eigenvalue weighted by Crippen LogP contribution is -2.36.